The molecule has 4 atom stereocenters. The predicted molar refractivity (Wildman–Crippen MR) is 139 cm³/mol. The SMILES string of the molecule is CNc1ccc(C(CC(=O)O)c2ccc(C)c(CN3CC4CCCCC4CS3=O)c2)c(C)c1N. The molecule has 1 heterocycles. The second kappa shape index (κ2) is 10.5. The minimum absolute atomic E-state index is 0.0128. The second-order valence-corrected chi connectivity index (χ2v) is 11.4. The number of carboxylic acid groups (broad SMARTS) is 1. The van der Waals surface area contributed by atoms with E-state index in [2.05, 4.69) is 28.7 Å². The molecule has 0 spiro atoms. The van der Waals surface area contributed by atoms with Crippen molar-refractivity contribution in [3.8, 4) is 0 Å². The van der Waals surface area contributed by atoms with E-state index in [1.54, 1.807) is 0 Å². The van der Waals surface area contributed by atoms with Crippen LogP contribution in [0.4, 0.5) is 11.4 Å². The molecule has 4 unspecified atom stereocenters. The van der Waals surface area contributed by atoms with Crippen LogP contribution in [-0.4, -0.2) is 38.9 Å². The molecule has 0 amide bonds. The Labute approximate surface area is 205 Å². The quantitative estimate of drug-likeness (QED) is 0.491. The van der Waals surface area contributed by atoms with Gasteiger partial charge in [-0.3, -0.25) is 4.79 Å². The molecule has 0 bridgehead atoms. The van der Waals surface area contributed by atoms with Gasteiger partial charge in [0.25, 0.3) is 0 Å². The molecule has 7 heteroatoms. The van der Waals surface area contributed by atoms with Gasteiger partial charge in [-0.25, -0.2) is 8.51 Å². The van der Waals surface area contributed by atoms with E-state index < -0.39 is 17.0 Å². The lowest BCUT2D eigenvalue weighted by Crippen LogP contribution is -2.44. The first-order valence-corrected chi connectivity index (χ1v) is 13.6. The van der Waals surface area contributed by atoms with Gasteiger partial charge in [0.1, 0.15) is 0 Å². The van der Waals surface area contributed by atoms with Crippen LogP contribution in [0.1, 0.15) is 65.8 Å². The minimum atomic E-state index is -0.962. The van der Waals surface area contributed by atoms with Crippen LogP contribution in [0.15, 0.2) is 30.3 Å². The Morgan fingerprint density at radius 2 is 1.94 bits per heavy atom. The average molecular weight is 484 g/mol. The van der Waals surface area contributed by atoms with Gasteiger partial charge in [-0.2, -0.15) is 0 Å². The van der Waals surface area contributed by atoms with E-state index in [0.717, 1.165) is 45.8 Å². The first-order chi connectivity index (χ1) is 16.3. The highest BCUT2D eigenvalue weighted by molar-refractivity contribution is 7.82. The number of carboxylic acids is 1. The summed E-state index contributed by atoms with van der Waals surface area (Å²) in [5.74, 6) is 0.877. The number of fused-ring (bicyclic) bond motifs is 1. The minimum Gasteiger partial charge on any atom is -0.481 e. The summed E-state index contributed by atoms with van der Waals surface area (Å²) in [6, 6.07) is 10.1. The van der Waals surface area contributed by atoms with E-state index in [0.29, 0.717) is 24.1 Å². The normalized spacial score (nSPS) is 23.8. The van der Waals surface area contributed by atoms with E-state index >= 15 is 0 Å². The number of benzene rings is 2. The largest absolute Gasteiger partial charge is 0.481 e. The molecule has 1 saturated heterocycles. The van der Waals surface area contributed by atoms with Gasteiger partial charge < -0.3 is 16.2 Å². The topological polar surface area (TPSA) is 95.7 Å². The molecule has 0 aromatic heterocycles. The molecule has 1 saturated carbocycles. The van der Waals surface area contributed by atoms with Crippen molar-refractivity contribution in [3.05, 3.63) is 58.1 Å². The van der Waals surface area contributed by atoms with Crippen LogP contribution in [0.3, 0.4) is 0 Å². The molecule has 1 aliphatic carbocycles. The Balaban J connectivity index is 1.64. The van der Waals surface area contributed by atoms with Gasteiger partial charge in [0.2, 0.25) is 0 Å². The van der Waals surface area contributed by atoms with E-state index in [4.69, 9.17) is 5.73 Å². The fourth-order valence-corrected chi connectivity index (χ4v) is 7.36. The summed E-state index contributed by atoms with van der Waals surface area (Å²) >= 11 is 0. The Morgan fingerprint density at radius 1 is 1.21 bits per heavy atom. The summed E-state index contributed by atoms with van der Waals surface area (Å²) < 4.78 is 15.2. The zero-order chi connectivity index (χ0) is 24.4. The Morgan fingerprint density at radius 3 is 2.65 bits per heavy atom. The van der Waals surface area contributed by atoms with Crippen molar-refractivity contribution in [1.82, 2.24) is 4.31 Å². The summed E-state index contributed by atoms with van der Waals surface area (Å²) in [4.78, 5) is 11.8. The Hall–Kier alpha value is -2.38. The van der Waals surface area contributed by atoms with E-state index in [9.17, 15) is 14.1 Å². The summed E-state index contributed by atoms with van der Waals surface area (Å²) in [6.45, 7) is 5.55. The van der Waals surface area contributed by atoms with Crippen molar-refractivity contribution in [2.75, 3.05) is 30.4 Å². The Bertz CT molecular complexity index is 1090. The first kappa shape index (κ1) is 24.7. The molecule has 4 N–H and O–H groups in total. The third-order valence-corrected chi connectivity index (χ3v) is 9.42. The third kappa shape index (κ3) is 5.15. The fraction of sp³-hybridized carbons (Fsp3) is 0.519. The van der Waals surface area contributed by atoms with Crippen molar-refractivity contribution in [3.63, 3.8) is 0 Å². The zero-order valence-corrected chi connectivity index (χ0v) is 21.3. The maximum Gasteiger partial charge on any atom is 0.304 e. The zero-order valence-electron chi connectivity index (χ0n) is 20.5. The second-order valence-electron chi connectivity index (χ2n) is 9.94. The number of hydrogen-bond donors (Lipinski definition) is 3. The summed E-state index contributed by atoms with van der Waals surface area (Å²) in [5, 5.41) is 12.8. The molecule has 2 fully saturated rings. The molecular weight excluding hydrogens is 446 g/mol. The number of aryl methyl sites for hydroxylation is 1. The number of hydrogen-bond acceptors (Lipinski definition) is 4. The van der Waals surface area contributed by atoms with Crippen molar-refractivity contribution in [1.29, 1.82) is 0 Å². The lowest BCUT2D eigenvalue weighted by atomic mass is 9.80. The van der Waals surface area contributed by atoms with Crippen molar-refractivity contribution < 1.29 is 14.1 Å². The van der Waals surface area contributed by atoms with Gasteiger partial charge in [0.05, 0.1) is 28.8 Å². The first-order valence-electron chi connectivity index (χ1n) is 12.3. The summed E-state index contributed by atoms with van der Waals surface area (Å²) in [7, 11) is 0.863. The van der Waals surface area contributed by atoms with Gasteiger partial charge in [-0.05, 0) is 72.4 Å². The molecule has 2 aromatic rings. The molecule has 2 aliphatic rings. The molecule has 1 aliphatic heterocycles. The van der Waals surface area contributed by atoms with Crippen LogP contribution in [0, 0.1) is 25.7 Å². The van der Waals surface area contributed by atoms with Gasteiger partial charge in [0.15, 0.2) is 0 Å². The maximum atomic E-state index is 13.0. The molecule has 34 heavy (non-hydrogen) atoms. The van der Waals surface area contributed by atoms with E-state index in [-0.39, 0.29) is 12.3 Å². The fourth-order valence-electron chi connectivity index (χ4n) is 5.71. The lowest BCUT2D eigenvalue weighted by Gasteiger charge is -2.40. The molecular formula is C27H37N3O3S. The maximum absolute atomic E-state index is 13.0. The third-order valence-electron chi connectivity index (χ3n) is 7.85. The highest BCUT2D eigenvalue weighted by Crippen LogP contribution is 2.38. The number of carbonyl (C=O) groups is 1. The number of nitrogens with two attached hydrogens (primary N) is 1. The molecule has 184 valence electrons. The van der Waals surface area contributed by atoms with Crippen molar-refractivity contribution in [2.24, 2.45) is 11.8 Å². The van der Waals surface area contributed by atoms with Gasteiger partial charge in [-0.1, -0.05) is 37.1 Å². The van der Waals surface area contributed by atoms with Gasteiger partial charge >= 0.3 is 5.97 Å². The van der Waals surface area contributed by atoms with E-state index in [1.165, 1.54) is 25.7 Å². The summed E-state index contributed by atoms with van der Waals surface area (Å²) in [6.07, 6.45) is 4.98. The highest BCUT2D eigenvalue weighted by Gasteiger charge is 2.35. The van der Waals surface area contributed by atoms with Crippen LogP contribution in [0.5, 0.6) is 0 Å². The number of anilines is 2. The van der Waals surface area contributed by atoms with E-state index in [1.807, 2.05) is 32.2 Å². The van der Waals surface area contributed by atoms with Crippen LogP contribution >= 0.6 is 0 Å². The Kier molecular flexibility index (Phi) is 7.63. The van der Waals surface area contributed by atoms with Crippen LogP contribution in [0.2, 0.25) is 0 Å². The number of nitrogens with zero attached hydrogens (tertiary/aromatic N) is 1. The predicted octanol–water partition coefficient (Wildman–Crippen LogP) is 4.82. The summed E-state index contributed by atoms with van der Waals surface area (Å²) in [5.41, 5.74) is 12.9. The van der Waals surface area contributed by atoms with Gasteiger partial charge in [-0.15, -0.1) is 0 Å². The number of aliphatic carboxylic acids is 1. The van der Waals surface area contributed by atoms with Gasteiger partial charge in [0, 0.05) is 31.8 Å². The number of nitrogen functional groups attached to an aromatic ring is 1. The lowest BCUT2D eigenvalue weighted by molar-refractivity contribution is -0.137. The average Bonchev–Trinajstić information content (AvgIpc) is 2.81. The number of rotatable bonds is 7. The van der Waals surface area contributed by atoms with Crippen LogP contribution < -0.4 is 11.1 Å². The molecule has 0 radical (unpaired) electrons. The molecule has 4 rings (SSSR count). The smallest absolute Gasteiger partial charge is 0.304 e. The molecule has 2 aromatic carbocycles. The monoisotopic (exact) mass is 483 g/mol. The van der Waals surface area contributed by atoms with Crippen molar-refractivity contribution >= 4 is 28.3 Å². The van der Waals surface area contributed by atoms with Crippen LogP contribution in [-0.2, 0) is 22.3 Å². The van der Waals surface area contributed by atoms with Crippen molar-refractivity contribution in [2.45, 2.75) is 58.4 Å². The number of nitrogens with one attached hydrogen (secondary N) is 1. The highest BCUT2D eigenvalue weighted by atomic mass is 32.2. The molecule has 6 nitrogen and oxygen atoms in total. The van der Waals surface area contributed by atoms with Crippen LogP contribution in [0.25, 0.3) is 0 Å². The standard InChI is InChI=1S/C27H37N3O3S/c1-17-8-9-19(24(13-26(31)32)23-10-11-25(29-3)27(28)18(23)2)12-22(17)15-30-14-20-6-4-5-7-21(20)16-34(30)33/h8-12,20-21,24,29H,4-7,13-16,28H2,1-3H3,(H,31,32).